The molecule has 0 aliphatic heterocycles. The Morgan fingerprint density at radius 1 is 1.36 bits per heavy atom. The lowest BCUT2D eigenvalue weighted by atomic mass is 10.2. The molecular weight excluding hydrogens is 365 g/mol. The number of thiocarbonyl (C=S) groups is 1. The fourth-order valence-corrected chi connectivity index (χ4v) is 2.67. The largest absolute Gasteiger partial charge is 0.329 e. The molecule has 1 amide bonds. The van der Waals surface area contributed by atoms with Gasteiger partial charge in [-0.1, -0.05) is 37.1 Å². The molecule has 0 aliphatic rings. The van der Waals surface area contributed by atoms with E-state index in [0.29, 0.717) is 12.2 Å². The van der Waals surface area contributed by atoms with Crippen LogP contribution < -0.4 is 16.2 Å². The number of para-hydroxylation sites is 1. The third kappa shape index (κ3) is 4.90. The van der Waals surface area contributed by atoms with Crippen molar-refractivity contribution in [1.82, 2.24) is 20.6 Å². The Kier molecular flexibility index (Phi) is 6.72. The number of amides is 1. The van der Waals surface area contributed by atoms with E-state index in [1.807, 2.05) is 0 Å². The maximum Gasteiger partial charge on any atom is 0.274 e. The maximum absolute atomic E-state index is 13.6. The lowest BCUT2D eigenvalue weighted by Gasteiger charge is -2.12. The Morgan fingerprint density at radius 2 is 2.08 bits per heavy atom. The number of nitrogens with zero attached hydrogens (tertiary/aromatic N) is 2. The molecule has 0 saturated carbocycles. The summed E-state index contributed by atoms with van der Waals surface area (Å²) in [6, 6.07) is 6.07. The summed E-state index contributed by atoms with van der Waals surface area (Å²) in [5, 5.41) is 7.25. The summed E-state index contributed by atoms with van der Waals surface area (Å²) in [6.07, 6.45) is 1.91. The summed E-state index contributed by atoms with van der Waals surface area (Å²) in [5.41, 5.74) is 5.96. The number of anilines is 1. The number of rotatable bonds is 5. The van der Waals surface area contributed by atoms with E-state index in [0.717, 1.165) is 12.8 Å². The van der Waals surface area contributed by atoms with Crippen LogP contribution in [0.1, 0.15) is 35.8 Å². The molecular formula is C16H19ClFN5OS. The fraction of sp³-hybridized carbons (Fsp3) is 0.312. The van der Waals surface area contributed by atoms with Gasteiger partial charge in [0, 0.05) is 6.54 Å². The first kappa shape index (κ1) is 19.1. The lowest BCUT2D eigenvalue weighted by Crippen LogP contribution is -2.44. The minimum atomic E-state index is -0.470. The smallest absolute Gasteiger partial charge is 0.274 e. The molecule has 0 saturated heterocycles. The Hall–Kier alpha value is -2.19. The second-order valence-electron chi connectivity index (χ2n) is 5.34. The van der Waals surface area contributed by atoms with Crippen molar-refractivity contribution < 1.29 is 9.18 Å². The zero-order chi connectivity index (χ0) is 18.4. The van der Waals surface area contributed by atoms with Crippen LogP contribution in [-0.4, -0.2) is 20.8 Å². The molecule has 0 spiro atoms. The van der Waals surface area contributed by atoms with Gasteiger partial charge in [-0.15, -0.1) is 0 Å². The maximum atomic E-state index is 13.6. The molecule has 9 heteroatoms. The average Bonchev–Trinajstić information content (AvgIpc) is 2.86. The third-order valence-electron chi connectivity index (χ3n) is 3.43. The minimum absolute atomic E-state index is 0.0469. The number of hydrazine groups is 1. The number of halogens is 2. The first-order valence-corrected chi connectivity index (χ1v) is 8.57. The van der Waals surface area contributed by atoms with Gasteiger partial charge in [-0.2, -0.15) is 5.10 Å². The number of carbonyl (C=O) groups excluding carboxylic acids is 1. The minimum Gasteiger partial charge on any atom is -0.329 e. The Labute approximate surface area is 155 Å². The highest BCUT2D eigenvalue weighted by Gasteiger charge is 2.20. The number of carbonyl (C=O) groups is 1. The zero-order valence-corrected chi connectivity index (χ0v) is 15.5. The predicted molar refractivity (Wildman–Crippen MR) is 100 cm³/mol. The molecule has 134 valence electrons. The lowest BCUT2D eigenvalue weighted by molar-refractivity contribution is 0.0943. The summed E-state index contributed by atoms with van der Waals surface area (Å²) >= 11 is 11.3. The fourth-order valence-electron chi connectivity index (χ4n) is 2.16. The van der Waals surface area contributed by atoms with E-state index in [1.54, 1.807) is 23.7 Å². The molecule has 0 unspecified atom stereocenters. The molecule has 1 aromatic heterocycles. The molecule has 0 fully saturated rings. The second-order valence-corrected chi connectivity index (χ2v) is 6.11. The van der Waals surface area contributed by atoms with Crippen molar-refractivity contribution in [2.45, 2.75) is 33.2 Å². The van der Waals surface area contributed by atoms with Crippen LogP contribution in [-0.2, 0) is 6.54 Å². The zero-order valence-electron chi connectivity index (χ0n) is 13.9. The number of aromatic nitrogens is 2. The van der Waals surface area contributed by atoms with Crippen LogP contribution in [0.15, 0.2) is 24.3 Å². The number of aryl methyl sites for hydroxylation is 2. The number of hydrogen-bond acceptors (Lipinski definition) is 3. The summed E-state index contributed by atoms with van der Waals surface area (Å²) in [6.45, 7) is 4.41. The number of unbranched alkanes of at least 4 members (excludes halogenated alkanes) is 1. The molecule has 0 atom stereocenters. The van der Waals surface area contributed by atoms with Gasteiger partial charge >= 0.3 is 0 Å². The SMILES string of the molecule is CCCCn1nc(C)c(C(=O)NNC(=S)Nc2ccccc2F)c1Cl. The van der Waals surface area contributed by atoms with Crippen LogP contribution in [0.5, 0.6) is 0 Å². The van der Waals surface area contributed by atoms with Gasteiger partial charge in [0.25, 0.3) is 5.91 Å². The summed E-state index contributed by atoms with van der Waals surface area (Å²) in [7, 11) is 0. The van der Waals surface area contributed by atoms with E-state index in [9.17, 15) is 9.18 Å². The molecule has 0 aliphatic carbocycles. The summed E-state index contributed by atoms with van der Waals surface area (Å²) < 4.78 is 15.2. The van der Waals surface area contributed by atoms with E-state index in [4.69, 9.17) is 23.8 Å². The topological polar surface area (TPSA) is 71.0 Å². The third-order valence-corrected chi connectivity index (χ3v) is 4.02. The Morgan fingerprint density at radius 3 is 2.76 bits per heavy atom. The Balaban J connectivity index is 1.97. The van der Waals surface area contributed by atoms with Gasteiger partial charge < -0.3 is 5.32 Å². The van der Waals surface area contributed by atoms with Gasteiger partial charge in [0.2, 0.25) is 0 Å². The van der Waals surface area contributed by atoms with Gasteiger partial charge in [-0.3, -0.25) is 20.3 Å². The molecule has 6 nitrogen and oxygen atoms in total. The molecule has 0 radical (unpaired) electrons. The number of hydrogen-bond donors (Lipinski definition) is 3. The highest BCUT2D eigenvalue weighted by atomic mass is 35.5. The van der Waals surface area contributed by atoms with Crippen LogP contribution in [0.4, 0.5) is 10.1 Å². The normalized spacial score (nSPS) is 10.4. The van der Waals surface area contributed by atoms with Crippen LogP contribution in [0, 0.1) is 12.7 Å². The van der Waals surface area contributed by atoms with Gasteiger partial charge in [0.1, 0.15) is 16.5 Å². The first-order valence-electron chi connectivity index (χ1n) is 7.78. The van der Waals surface area contributed by atoms with Crippen molar-refractivity contribution in [3.05, 3.63) is 46.5 Å². The van der Waals surface area contributed by atoms with Crippen molar-refractivity contribution >= 4 is 40.5 Å². The van der Waals surface area contributed by atoms with Crippen LogP contribution in [0.2, 0.25) is 5.15 Å². The quantitative estimate of drug-likeness (QED) is 0.545. The van der Waals surface area contributed by atoms with E-state index in [-0.39, 0.29) is 21.5 Å². The highest BCUT2D eigenvalue weighted by molar-refractivity contribution is 7.80. The number of nitrogens with one attached hydrogen (secondary N) is 3. The Bertz CT molecular complexity index is 780. The molecule has 3 N–H and O–H groups in total. The van der Waals surface area contributed by atoms with Gasteiger partial charge in [-0.05, 0) is 37.7 Å². The van der Waals surface area contributed by atoms with E-state index >= 15 is 0 Å². The molecule has 2 aromatic rings. The van der Waals surface area contributed by atoms with E-state index in [2.05, 4.69) is 28.2 Å². The molecule has 1 aromatic carbocycles. The van der Waals surface area contributed by atoms with Crippen molar-refractivity contribution in [3.8, 4) is 0 Å². The van der Waals surface area contributed by atoms with Crippen LogP contribution in [0.3, 0.4) is 0 Å². The van der Waals surface area contributed by atoms with E-state index in [1.165, 1.54) is 12.1 Å². The molecule has 1 heterocycles. The standard InChI is InChI=1S/C16H19ClFN5OS/c1-3-4-9-23-14(17)13(10(2)22-23)15(24)20-21-16(25)19-12-8-6-5-7-11(12)18/h5-8H,3-4,9H2,1-2H3,(H,20,24)(H2,19,21,25). The second kappa shape index (κ2) is 8.77. The predicted octanol–water partition coefficient (Wildman–Crippen LogP) is 3.42. The van der Waals surface area contributed by atoms with Crippen LogP contribution in [0.25, 0.3) is 0 Å². The van der Waals surface area contributed by atoms with Crippen molar-refractivity contribution in [3.63, 3.8) is 0 Å². The monoisotopic (exact) mass is 383 g/mol. The number of benzene rings is 1. The van der Waals surface area contributed by atoms with Gasteiger partial charge in [-0.25, -0.2) is 4.39 Å². The molecule has 0 bridgehead atoms. The van der Waals surface area contributed by atoms with Gasteiger partial charge in [0.15, 0.2) is 5.11 Å². The highest BCUT2D eigenvalue weighted by Crippen LogP contribution is 2.20. The van der Waals surface area contributed by atoms with E-state index < -0.39 is 11.7 Å². The van der Waals surface area contributed by atoms with Crippen molar-refractivity contribution in [2.75, 3.05) is 5.32 Å². The van der Waals surface area contributed by atoms with Crippen molar-refractivity contribution in [1.29, 1.82) is 0 Å². The van der Waals surface area contributed by atoms with Crippen LogP contribution >= 0.6 is 23.8 Å². The molecule has 2 rings (SSSR count). The summed E-state index contributed by atoms with van der Waals surface area (Å²) in [5.74, 6) is -0.919. The summed E-state index contributed by atoms with van der Waals surface area (Å²) in [4.78, 5) is 12.3. The first-order chi connectivity index (χ1) is 11.9. The average molecular weight is 384 g/mol. The van der Waals surface area contributed by atoms with Crippen molar-refractivity contribution in [2.24, 2.45) is 0 Å². The van der Waals surface area contributed by atoms with Gasteiger partial charge in [0.05, 0.1) is 11.4 Å². The molecule has 25 heavy (non-hydrogen) atoms.